The van der Waals surface area contributed by atoms with E-state index in [1.54, 1.807) is 0 Å². The molecule has 1 aliphatic rings. The lowest BCUT2D eigenvalue weighted by Crippen LogP contribution is -2.28. The third-order valence-electron chi connectivity index (χ3n) is 3.85. The first kappa shape index (κ1) is 13.5. The molecule has 2 unspecified atom stereocenters. The van der Waals surface area contributed by atoms with Gasteiger partial charge in [-0.05, 0) is 31.2 Å². The fraction of sp³-hybridized carbons (Fsp3) is 0.600. The number of hydrogen-bond acceptors (Lipinski definition) is 1. The number of rotatable bonds is 3. The van der Waals surface area contributed by atoms with Gasteiger partial charge in [-0.25, -0.2) is 8.78 Å². The number of hydrogen-bond donors (Lipinski definition) is 1. The maximum absolute atomic E-state index is 13.5. The molecule has 1 N–H and O–H groups in total. The summed E-state index contributed by atoms with van der Waals surface area (Å²) in [5.74, 6) is -0.164. The summed E-state index contributed by atoms with van der Waals surface area (Å²) >= 11 is 0. The molecule has 0 aliphatic heterocycles. The van der Waals surface area contributed by atoms with Crippen molar-refractivity contribution in [1.82, 2.24) is 5.32 Å². The van der Waals surface area contributed by atoms with Crippen LogP contribution in [0.15, 0.2) is 18.2 Å². The molecule has 0 radical (unpaired) electrons. The smallest absolute Gasteiger partial charge is 0.130 e. The van der Waals surface area contributed by atoms with E-state index in [2.05, 4.69) is 12.2 Å². The molecule has 1 aromatic rings. The lowest BCUT2D eigenvalue weighted by Gasteiger charge is -2.16. The van der Waals surface area contributed by atoms with E-state index in [9.17, 15) is 8.78 Å². The Kier molecular flexibility index (Phi) is 4.70. The van der Waals surface area contributed by atoms with Gasteiger partial charge < -0.3 is 5.32 Å². The molecule has 0 heterocycles. The largest absolute Gasteiger partial charge is 0.310 e. The van der Waals surface area contributed by atoms with Crippen LogP contribution in [0.3, 0.4) is 0 Å². The summed E-state index contributed by atoms with van der Waals surface area (Å²) in [6.07, 6.45) is 6.09. The van der Waals surface area contributed by atoms with Gasteiger partial charge in [0.05, 0.1) is 0 Å². The van der Waals surface area contributed by atoms with E-state index in [-0.39, 0.29) is 0 Å². The fourth-order valence-electron chi connectivity index (χ4n) is 2.61. The predicted molar refractivity (Wildman–Crippen MR) is 69.2 cm³/mol. The third kappa shape index (κ3) is 3.77. The van der Waals surface area contributed by atoms with Gasteiger partial charge >= 0.3 is 0 Å². The van der Waals surface area contributed by atoms with E-state index < -0.39 is 11.6 Å². The number of nitrogens with one attached hydrogen (secondary N) is 1. The average Bonchev–Trinajstić information content (AvgIpc) is 2.53. The Morgan fingerprint density at radius 1 is 1.17 bits per heavy atom. The molecule has 0 amide bonds. The molecule has 18 heavy (non-hydrogen) atoms. The maximum atomic E-state index is 13.5. The topological polar surface area (TPSA) is 12.0 Å². The van der Waals surface area contributed by atoms with Crippen LogP contribution in [0, 0.1) is 17.6 Å². The quantitative estimate of drug-likeness (QED) is 0.802. The van der Waals surface area contributed by atoms with Crippen LogP contribution in [0.1, 0.15) is 44.6 Å². The molecule has 0 spiro atoms. The second kappa shape index (κ2) is 6.28. The maximum Gasteiger partial charge on any atom is 0.130 e. The van der Waals surface area contributed by atoms with Gasteiger partial charge in [0.25, 0.3) is 0 Å². The van der Waals surface area contributed by atoms with Crippen molar-refractivity contribution in [3.63, 3.8) is 0 Å². The van der Waals surface area contributed by atoms with Gasteiger partial charge in [-0.2, -0.15) is 0 Å². The van der Waals surface area contributed by atoms with E-state index in [1.165, 1.54) is 31.4 Å². The van der Waals surface area contributed by atoms with Crippen LogP contribution in [0.2, 0.25) is 0 Å². The first-order valence-corrected chi connectivity index (χ1v) is 6.82. The first-order chi connectivity index (χ1) is 8.65. The summed E-state index contributed by atoms with van der Waals surface area (Å²) < 4.78 is 26.2. The highest BCUT2D eigenvalue weighted by molar-refractivity contribution is 5.18. The Morgan fingerprint density at radius 3 is 2.78 bits per heavy atom. The zero-order valence-electron chi connectivity index (χ0n) is 10.9. The minimum Gasteiger partial charge on any atom is -0.310 e. The molecule has 1 fully saturated rings. The molecular formula is C15H21F2N. The molecule has 1 saturated carbocycles. The van der Waals surface area contributed by atoms with Gasteiger partial charge in [0, 0.05) is 24.2 Å². The summed E-state index contributed by atoms with van der Waals surface area (Å²) in [4.78, 5) is 0. The minimum atomic E-state index is -0.514. The van der Waals surface area contributed by atoms with E-state index >= 15 is 0 Å². The highest BCUT2D eigenvalue weighted by Gasteiger charge is 2.16. The average molecular weight is 253 g/mol. The van der Waals surface area contributed by atoms with Crippen LogP contribution in [0.4, 0.5) is 8.78 Å². The lowest BCUT2D eigenvalue weighted by atomic mass is 10.0. The minimum absolute atomic E-state index is 0.454. The zero-order valence-corrected chi connectivity index (χ0v) is 10.9. The van der Waals surface area contributed by atoms with Gasteiger partial charge in [-0.15, -0.1) is 0 Å². The Balaban J connectivity index is 1.87. The van der Waals surface area contributed by atoms with Gasteiger partial charge in [-0.3, -0.25) is 0 Å². The van der Waals surface area contributed by atoms with Crippen molar-refractivity contribution in [3.8, 4) is 0 Å². The molecule has 0 saturated heterocycles. The first-order valence-electron chi connectivity index (χ1n) is 6.82. The van der Waals surface area contributed by atoms with Crippen LogP contribution in [0.25, 0.3) is 0 Å². The van der Waals surface area contributed by atoms with Crippen LogP contribution in [-0.2, 0) is 6.54 Å². The van der Waals surface area contributed by atoms with Crippen LogP contribution >= 0.6 is 0 Å². The summed E-state index contributed by atoms with van der Waals surface area (Å²) in [6.45, 7) is 2.78. The van der Waals surface area contributed by atoms with Crippen molar-refractivity contribution in [2.75, 3.05) is 0 Å². The van der Waals surface area contributed by atoms with Crippen molar-refractivity contribution in [2.24, 2.45) is 5.92 Å². The van der Waals surface area contributed by atoms with E-state index in [4.69, 9.17) is 0 Å². The second-order valence-corrected chi connectivity index (χ2v) is 5.43. The van der Waals surface area contributed by atoms with Gasteiger partial charge in [0.1, 0.15) is 11.6 Å². The molecule has 1 aromatic carbocycles. The fourth-order valence-corrected chi connectivity index (χ4v) is 2.61. The molecular weight excluding hydrogens is 232 g/mol. The van der Waals surface area contributed by atoms with E-state index in [0.717, 1.165) is 24.8 Å². The second-order valence-electron chi connectivity index (χ2n) is 5.43. The highest BCUT2D eigenvalue weighted by Crippen LogP contribution is 2.23. The SMILES string of the molecule is CC1CCCC(NCc2ccc(F)cc2F)CC1. The Bertz CT molecular complexity index is 392. The zero-order chi connectivity index (χ0) is 13.0. The summed E-state index contributed by atoms with van der Waals surface area (Å²) in [5, 5.41) is 3.40. The van der Waals surface area contributed by atoms with Crippen molar-refractivity contribution in [3.05, 3.63) is 35.4 Å². The summed E-state index contributed by atoms with van der Waals surface area (Å²) in [5.41, 5.74) is 0.550. The van der Waals surface area contributed by atoms with E-state index in [0.29, 0.717) is 18.2 Å². The van der Waals surface area contributed by atoms with Crippen molar-refractivity contribution in [2.45, 2.75) is 51.6 Å². The number of halogens is 2. The Morgan fingerprint density at radius 2 is 2.00 bits per heavy atom. The van der Waals surface area contributed by atoms with Crippen LogP contribution in [-0.4, -0.2) is 6.04 Å². The lowest BCUT2D eigenvalue weighted by molar-refractivity contribution is 0.441. The predicted octanol–water partition coefficient (Wildman–Crippen LogP) is 4.02. The molecule has 3 heteroatoms. The third-order valence-corrected chi connectivity index (χ3v) is 3.85. The van der Waals surface area contributed by atoms with E-state index in [1.807, 2.05) is 0 Å². The van der Waals surface area contributed by atoms with Crippen LogP contribution in [0.5, 0.6) is 0 Å². The van der Waals surface area contributed by atoms with Crippen molar-refractivity contribution >= 4 is 0 Å². The molecule has 2 rings (SSSR count). The molecule has 0 bridgehead atoms. The normalized spacial score (nSPS) is 24.8. The Labute approximate surface area is 108 Å². The van der Waals surface area contributed by atoms with Crippen molar-refractivity contribution in [1.29, 1.82) is 0 Å². The standard InChI is InChI=1S/C15H21F2N/c1-11-3-2-4-14(8-5-11)18-10-12-6-7-13(16)9-15(12)17/h6-7,9,11,14,18H,2-5,8,10H2,1H3. The Hall–Kier alpha value is -0.960. The molecule has 0 aromatic heterocycles. The monoisotopic (exact) mass is 253 g/mol. The van der Waals surface area contributed by atoms with Gasteiger partial charge in [0.2, 0.25) is 0 Å². The highest BCUT2D eigenvalue weighted by atomic mass is 19.1. The molecule has 2 atom stereocenters. The van der Waals surface area contributed by atoms with Gasteiger partial charge in [0.15, 0.2) is 0 Å². The molecule has 1 nitrogen and oxygen atoms in total. The van der Waals surface area contributed by atoms with Crippen LogP contribution < -0.4 is 5.32 Å². The number of benzene rings is 1. The van der Waals surface area contributed by atoms with Gasteiger partial charge in [-0.1, -0.05) is 25.8 Å². The summed E-state index contributed by atoms with van der Waals surface area (Å²) in [6, 6.07) is 4.26. The van der Waals surface area contributed by atoms with Crippen molar-refractivity contribution < 1.29 is 8.78 Å². The molecule has 100 valence electrons. The molecule has 1 aliphatic carbocycles. The summed E-state index contributed by atoms with van der Waals surface area (Å²) in [7, 11) is 0.